The lowest BCUT2D eigenvalue weighted by atomic mass is 9.36. The first-order chi connectivity index (χ1) is 37.8. The van der Waals surface area contributed by atoms with E-state index in [9.17, 15) is 0 Å². The van der Waals surface area contributed by atoms with Gasteiger partial charge >= 0.3 is 0 Å². The lowest BCUT2D eigenvalue weighted by molar-refractivity contribution is 0.215. The van der Waals surface area contributed by atoms with E-state index in [2.05, 4.69) is 258 Å². The van der Waals surface area contributed by atoms with Crippen LogP contribution in [0.2, 0.25) is 0 Å². The molecule has 8 aromatic rings. The molecule has 0 spiro atoms. The van der Waals surface area contributed by atoms with Gasteiger partial charge in [-0.25, -0.2) is 0 Å². The highest BCUT2D eigenvalue weighted by Crippen LogP contribution is 2.65. The number of fused-ring (bicyclic) bond motifs is 11. The molecule has 3 aliphatic carbocycles. The molecule has 0 radical (unpaired) electrons. The summed E-state index contributed by atoms with van der Waals surface area (Å²) in [5.74, 6) is 0. The summed E-state index contributed by atoms with van der Waals surface area (Å²) in [5, 5.41) is 1.36. The highest BCUT2D eigenvalue weighted by Gasteiger charge is 2.61. The summed E-state index contributed by atoms with van der Waals surface area (Å²) in [6.45, 7) is 36.8. The van der Waals surface area contributed by atoms with E-state index >= 15 is 0 Å². The first kappa shape index (κ1) is 52.1. The van der Waals surface area contributed by atoms with Crippen molar-refractivity contribution >= 4 is 89.3 Å². The molecule has 3 nitrogen and oxygen atoms in total. The smallest absolute Gasteiger partial charge is 0.264 e. The second kappa shape index (κ2) is 17.0. The Bertz CT molecular complexity index is 3880. The molecule has 1 saturated carbocycles. The van der Waals surface area contributed by atoms with Crippen LogP contribution in [0.1, 0.15) is 200 Å². The van der Waals surface area contributed by atoms with Crippen LogP contribution in [0, 0.1) is 0 Å². The van der Waals surface area contributed by atoms with Crippen LogP contribution in [-0.4, -0.2) is 12.3 Å². The zero-order valence-corrected chi connectivity index (χ0v) is 51.6. The van der Waals surface area contributed by atoms with Gasteiger partial charge in [-0.1, -0.05) is 189 Å². The average molecular weight is 1070 g/mol. The summed E-state index contributed by atoms with van der Waals surface area (Å²) < 4.78 is 2.80. The summed E-state index contributed by atoms with van der Waals surface area (Å²) in [6, 6.07) is 56.9. The van der Waals surface area contributed by atoms with Crippen molar-refractivity contribution < 1.29 is 0 Å². The van der Waals surface area contributed by atoms with Gasteiger partial charge in [0.15, 0.2) is 0 Å². The Hall–Kier alpha value is -6.04. The molecule has 5 heteroatoms. The largest absolute Gasteiger partial charge is 0.334 e. The maximum atomic E-state index is 2.87. The van der Waals surface area contributed by atoms with Gasteiger partial charge in [0.1, 0.15) is 0 Å². The molecule has 1 aromatic heterocycles. The topological polar surface area (TPSA) is 9.72 Å². The fourth-order valence-corrected chi connectivity index (χ4v) is 17.9. The highest BCUT2D eigenvalue weighted by atomic mass is 32.1. The van der Waals surface area contributed by atoms with E-state index < -0.39 is 0 Å². The monoisotopic (exact) mass is 1070 g/mol. The number of anilines is 8. The normalized spacial score (nSPS) is 22.7. The van der Waals surface area contributed by atoms with E-state index in [0.717, 1.165) is 19.3 Å². The van der Waals surface area contributed by atoms with Crippen molar-refractivity contribution in [1.82, 2.24) is 0 Å². The van der Waals surface area contributed by atoms with Crippen LogP contribution in [0.15, 0.2) is 140 Å². The predicted octanol–water partition coefficient (Wildman–Crippen LogP) is 19.0. The summed E-state index contributed by atoms with van der Waals surface area (Å²) in [4.78, 5) is 8.40. The van der Waals surface area contributed by atoms with Crippen molar-refractivity contribution in [3.63, 3.8) is 0 Å². The molecule has 80 heavy (non-hydrogen) atoms. The molecule has 14 rings (SSSR count). The number of rotatable bonds is 4. The lowest BCUT2D eigenvalue weighted by Crippen LogP contribution is -2.61. The summed E-state index contributed by atoms with van der Waals surface area (Å²) in [5.41, 5.74) is 24.6. The quantitative estimate of drug-likeness (QED) is 0.163. The van der Waals surface area contributed by atoms with Crippen LogP contribution in [0.5, 0.6) is 0 Å². The third-order valence-corrected chi connectivity index (χ3v) is 22.8. The first-order valence-electron chi connectivity index (χ1n) is 30.5. The molecular weight excluding hydrogens is 986 g/mol. The number of benzene rings is 7. The molecular formula is C75H84BN3S. The van der Waals surface area contributed by atoms with Gasteiger partial charge in [-0.2, -0.15) is 0 Å². The Morgan fingerprint density at radius 2 is 0.975 bits per heavy atom. The van der Waals surface area contributed by atoms with Crippen molar-refractivity contribution in [2.24, 2.45) is 0 Å². The van der Waals surface area contributed by atoms with E-state index in [0.29, 0.717) is 0 Å². The Kier molecular flexibility index (Phi) is 11.1. The van der Waals surface area contributed by atoms with E-state index in [1.165, 1.54) is 148 Å². The second-order valence-corrected chi connectivity index (χ2v) is 31.5. The van der Waals surface area contributed by atoms with Crippen molar-refractivity contribution in [2.45, 2.75) is 199 Å². The van der Waals surface area contributed by atoms with E-state index in [1.54, 1.807) is 0 Å². The maximum absolute atomic E-state index is 2.87. The SMILES string of the molecule is CC(C)(C)c1ccc2c(c1)B1c3sc4ccc(C(C)(C)C)cc4c3N(c3ccc4c(c3)C(C)(C)CCC4(C)C)c3cc(N4c5ccccc5C5(c6ccccc6)CCCCC45C)cc(c31)N2c1ccc2c(c1)C(C)(C)CCC2(C)C. The Morgan fingerprint density at radius 1 is 0.438 bits per heavy atom. The number of nitrogens with zero attached hydrogens (tertiary/aromatic N) is 3. The Morgan fingerprint density at radius 3 is 1.60 bits per heavy atom. The van der Waals surface area contributed by atoms with Crippen LogP contribution in [0.4, 0.5) is 45.5 Å². The van der Waals surface area contributed by atoms with Crippen LogP contribution in [-0.2, 0) is 37.9 Å². The third-order valence-electron chi connectivity index (χ3n) is 21.6. The molecule has 2 unspecified atom stereocenters. The average Bonchev–Trinajstić information content (AvgIpc) is 3.99. The molecule has 0 saturated heterocycles. The minimum atomic E-state index is -0.250. The van der Waals surface area contributed by atoms with E-state index in [4.69, 9.17) is 0 Å². The number of thiophene rings is 1. The van der Waals surface area contributed by atoms with Gasteiger partial charge in [0.2, 0.25) is 0 Å². The van der Waals surface area contributed by atoms with E-state index in [1.807, 2.05) is 11.3 Å². The second-order valence-electron chi connectivity index (χ2n) is 30.4. The van der Waals surface area contributed by atoms with Gasteiger partial charge in [-0.15, -0.1) is 11.3 Å². The van der Waals surface area contributed by atoms with Gasteiger partial charge < -0.3 is 14.7 Å². The van der Waals surface area contributed by atoms with Crippen molar-refractivity contribution in [3.8, 4) is 0 Å². The number of hydrogen-bond donors (Lipinski definition) is 0. The summed E-state index contributed by atoms with van der Waals surface area (Å²) in [6.07, 6.45) is 9.32. The molecule has 0 N–H and O–H groups in total. The van der Waals surface area contributed by atoms with Gasteiger partial charge in [0, 0.05) is 60.1 Å². The zero-order chi connectivity index (χ0) is 56.1. The molecule has 3 aliphatic heterocycles. The summed E-state index contributed by atoms with van der Waals surface area (Å²) >= 11 is 2.04. The van der Waals surface area contributed by atoms with Crippen LogP contribution < -0.4 is 30.4 Å². The Labute approximate surface area is 483 Å². The van der Waals surface area contributed by atoms with Crippen LogP contribution in [0.25, 0.3) is 10.1 Å². The van der Waals surface area contributed by atoms with Crippen LogP contribution in [0.3, 0.4) is 0 Å². The number of para-hydroxylation sites is 1. The molecule has 4 heterocycles. The van der Waals surface area contributed by atoms with Crippen molar-refractivity contribution in [1.29, 1.82) is 0 Å². The third kappa shape index (κ3) is 7.29. The Balaban J connectivity index is 1.14. The van der Waals surface area contributed by atoms with Crippen molar-refractivity contribution in [2.75, 3.05) is 14.7 Å². The molecule has 6 aliphatic rings. The molecule has 0 amide bonds. The van der Waals surface area contributed by atoms with E-state index in [-0.39, 0.29) is 50.2 Å². The van der Waals surface area contributed by atoms with Gasteiger partial charge in [-0.05, 0) is 194 Å². The van der Waals surface area contributed by atoms with Crippen molar-refractivity contribution in [3.05, 3.63) is 184 Å². The van der Waals surface area contributed by atoms with Gasteiger partial charge in [-0.3, -0.25) is 0 Å². The fourth-order valence-electron chi connectivity index (χ4n) is 16.6. The molecule has 7 aromatic carbocycles. The highest BCUT2D eigenvalue weighted by molar-refractivity contribution is 7.33. The summed E-state index contributed by atoms with van der Waals surface area (Å²) in [7, 11) is 0. The molecule has 408 valence electrons. The predicted molar refractivity (Wildman–Crippen MR) is 346 cm³/mol. The maximum Gasteiger partial charge on any atom is 0.264 e. The standard InChI is InChI=1S/C75H84BN3S/c1-68(2,3)48-28-34-64-53(41-48)66-67(80-64)76-59-42-49(69(4,5)6)27-33-61(59)77(50-29-31-54-57(43-50)72(11,12)39-37-70(54,7)8)62-45-52(46-63(65(62)76)78(66)51-30-32-55-58(44-51)73(13,14)40-38-71(55,9)10)79-60-26-20-19-25-56(60)75(47-23-17-16-18-24-47)36-22-21-35-74(75,79)15/h16-20,23-34,41-46H,21-22,35-40H2,1-15H3. The van der Waals surface area contributed by atoms with Crippen LogP contribution >= 0.6 is 11.3 Å². The fraction of sp³-hybridized carbons (Fsp3) is 0.413. The van der Waals surface area contributed by atoms with Gasteiger partial charge in [0.05, 0.1) is 11.2 Å². The molecule has 2 atom stereocenters. The first-order valence-corrected chi connectivity index (χ1v) is 31.3. The molecule has 0 bridgehead atoms. The minimum Gasteiger partial charge on any atom is -0.334 e. The van der Waals surface area contributed by atoms with Gasteiger partial charge in [0.25, 0.3) is 6.71 Å². The zero-order valence-electron chi connectivity index (χ0n) is 50.8. The number of hydrogen-bond acceptors (Lipinski definition) is 4. The minimum absolute atomic E-state index is 0.00452. The lowest BCUT2D eigenvalue weighted by Gasteiger charge is -2.53. The molecule has 1 fully saturated rings.